The van der Waals surface area contributed by atoms with E-state index in [1.807, 2.05) is 47.8 Å². The highest BCUT2D eigenvalue weighted by atomic mass is 32.1. The Morgan fingerprint density at radius 1 is 1.05 bits per heavy atom. The number of hydrazine groups is 1. The molecule has 3 rings (SSSR count). The second-order valence-corrected chi connectivity index (χ2v) is 5.20. The van der Waals surface area contributed by atoms with E-state index in [4.69, 9.17) is 0 Å². The molecule has 0 spiro atoms. The summed E-state index contributed by atoms with van der Waals surface area (Å²) in [7, 11) is 0. The molecule has 0 aliphatic carbocycles. The van der Waals surface area contributed by atoms with Crippen molar-refractivity contribution in [2.45, 2.75) is 6.54 Å². The van der Waals surface area contributed by atoms with E-state index in [1.165, 1.54) is 0 Å². The van der Waals surface area contributed by atoms with Crippen LogP contribution in [0.25, 0.3) is 10.1 Å². The topological polar surface area (TPSA) is 24.1 Å². The molecule has 0 aliphatic heterocycles. The van der Waals surface area contributed by atoms with E-state index in [2.05, 4.69) is 10.9 Å². The number of rotatable bonds is 4. The Kier molecular flexibility index (Phi) is 3.44. The SMILES string of the molecule is Fc1cc(CNNc2ccccc2)cc2sccc12. The first-order valence-electron chi connectivity index (χ1n) is 6.02. The first kappa shape index (κ1) is 12.1. The lowest BCUT2D eigenvalue weighted by Crippen LogP contribution is -2.20. The van der Waals surface area contributed by atoms with Gasteiger partial charge in [-0.2, -0.15) is 0 Å². The van der Waals surface area contributed by atoms with E-state index < -0.39 is 0 Å². The maximum atomic E-state index is 13.8. The van der Waals surface area contributed by atoms with Crippen molar-refractivity contribution in [1.29, 1.82) is 0 Å². The van der Waals surface area contributed by atoms with E-state index in [0.717, 1.165) is 16.0 Å². The molecule has 2 N–H and O–H groups in total. The number of hydrogen-bond acceptors (Lipinski definition) is 3. The summed E-state index contributed by atoms with van der Waals surface area (Å²) in [6.07, 6.45) is 0. The summed E-state index contributed by atoms with van der Waals surface area (Å²) >= 11 is 1.56. The van der Waals surface area contributed by atoms with Crippen LogP contribution >= 0.6 is 11.3 Å². The van der Waals surface area contributed by atoms with Crippen LogP contribution in [0.1, 0.15) is 5.56 Å². The van der Waals surface area contributed by atoms with Gasteiger partial charge in [0.05, 0.1) is 0 Å². The summed E-state index contributed by atoms with van der Waals surface area (Å²) in [4.78, 5) is 0. The van der Waals surface area contributed by atoms with Crippen molar-refractivity contribution in [3.8, 4) is 0 Å². The molecule has 0 fully saturated rings. The quantitative estimate of drug-likeness (QED) is 0.697. The molecular formula is C15H13FN2S. The number of fused-ring (bicyclic) bond motifs is 1. The van der Waals surface area contributed by atoms with Crippen LogP contribution in [0.3, 0.4) is 0 Å². The van der Waals surface area contributed by atoms with Crippen LogP contribution in [0.4, 0.5) is 10.1 Å². The predicted octanol–water partition coefficient (Wildman–Crippen LogP) is 4.16. The van der Waals surface area contributed by atoms with Gasteiger partial charge in [-0.05, 0) is 41.3 Å². The fourth-order valence-electron chi connectivity index (χ4n) is 1.95. The summed E-state index contributed by atoms with van der Waals surface area (Å²) in [5.41, 5.74) is 8.09. The second-order valence-electron chi connectivity index (χ2n) is 4.25. The molecule has 4 heteroatoms. The summed E-state index contributed by atoms with van der Waals surface area (Å²) in [5.74, 6) is -0.157. The number of hydrogen-bond donors (Lipinski definition) is 2. The van der Waals surface area contributed by atoms with Crippen molar-refractivity contribution < 1.29 is 4.39 Å². The van der Waals surface area contributed by atoms with Crippen molar-refractivity contribution >= 4 is 27.1 Å². The molecular weight excluding hydrogens is 259 g/mol. The Balaban J connectivity index is 1.68. The summed E-state index contributed by atoms with van der Waals surface area (Å²) in [6.45, 7) is 0.569. The maximum absolute atomic E-state index is 13.8. The Hall–Kier alpha value is -1.91. The van der Waals surface area contributed by atoms with E-state index in [1.54, 1.807) is 17.4 Å². The molecule has 3 aromatic rings. The lowest BCUT2D eigenvalue weighted by molar-refractivity contribution is 0.636. The fraction of sp³-hybridized carbons (Fsp3) is 0.0667. The van der Waals surface area contributed by atoms with Gasteiger partial charge in [-0.15, -0.1) is 11.3 Å². The van der Waals surface area contributed by atoms with Gasteiger partial charge < -0.3 is 5.43 Å². The lowest BCUT2D eigenvalue weighted by Gasteiger charge is -2.08. The molecule has 2 aromatic carbocycles. The van der Waals surface area contributed by atoms with E-state index >= 15 is 0 Å². The molecule has 0 saturated heterocycles. The molecule has 1 aromatic heterocycles. The normalized spacial score (nSPS) is 10.8. The predicted molar refractivity (Wildman–Crippen MR) is 78.7 cm³/mol. The molecule has 2 nitrogen and oxygen atoms in total. The zero-order valence-electron chi connectivity index (χ0n) is 10.2. The van der Waals surface area contributed by atoms with Crippen LogP contribution in [0.5, 0.6) is 0 Å². The fourth-order valence-corrected chi connectivity index (χ4v) is 2.82. The van der Waals surface area contributed by atoms with Gasteiger partial charge in [0.2, 0.25) is 0 Å². The minimum atomic E-state index is -0.157. The largest absolute Gasteiger partial charge is 0.321 e. The minimum absolute atomic E-state index is 0.157. The van der Waals surface area contributed by atoms with Gasteiger partial charge in [-0.1, -0.05) is 18.2 Å². The van der Waals surface area contributed by atoms with Gasteiger partial charge >= 0.3 is 0 Å². The molecule has 0 atom stereocenters. The van der Waals surface area contributed by atoms with Gasteiger partial charge in [0.15, 0.2) is 0 Å². The molecule has 0 bridgehead atoms. The number of para-hydroxylation sites is 1. The van der Waals surface area contributed by atoms with Crippen molar-refractivity contribution in [1.82, 2.24) is 5.43 Å². The highest BCUT2D eigenvalue weighted by Crippen LogP contribution is 2.25. The third-order valence-corrected chi connectivity index (χ3v) is 3.74. The maximum Gasteiger partial charge on any atom is 0.132 e. The van der Waals surface area contributed by atoms with Crippen LogP contribution in [-0.4, -0.2) is 0 Å². The standard InChI is InChI=1S/C15H13FN2S/c16-14-8-11(9-15-13(14)6-7-19-15)10-17-18-12-4-2-1-3-5-12/h1-9,17-18H,10H2. The Morgan fingerprint density at radius 2 is 1.89 bits per heavy atom. The number of anilines is 1. The summed E-state index contributed by atoms with van der Waals surface area (Å²) < 4.78 is 14.8. The molecule has 0 amide bonds. The molecule has 0 aliphatic rings. The molecule has 19 heavy (non-hydrogen) atoms. The number of nitrogens with one attached hydrogen (secondary N) is 2. The van der Waals surface area contributed by atoms with Crippen molar-refractivity contribution in [2.75, 3.05) is 5.43 Å². The molecule has 96 valence electrons. The minimum Gasteiger partial charge on any atom is -0.321 e. The van der Waals surface area contributed by atoms with Crippen molar-refractivity contribution in [2.24, 2.45) is 0 Å². The molecule has 1 heterocycles. The summed E-state index contributed by atoms with van der Waals surface area (Å²) in [6, 6.07) is 15.2. The number of halogens is 1. The zero-order valence-corrected chi connectivity index (χ0v) is 11.0. The van der Waals surface area contributed by atoms with Gasteiger partial charge in [0.25, 0.3) is 0 Å². The van der Waals surface area contributed by atoms with Crippen LogP contribution in [0.15, 0.2) is 53.9 Å². The van der Waals surface area contributed by atoms with Crippen LogP contribution in [0.2, 0.25) is 0 Å². The van der Waals surface area contributed by atoms with Gasteiger partial charge in [-0.25, -0.2) is 9.82 Å². The van der Waals surface area contributed by atoms with E-state index in [9.17, 15) is 4.39 Å². The van der Waals surface area contributed by atoms with Crippen LogP contribution < -0.4 is 10.9 Å². The van der Waals surface area contributed by atoms with E-state index in [-0.39, 0.29) is 5.82 Å². The Bertz CT molecular complexity index is 679. The summed E-state index contributed by atoms with van der Waals surface area (Å²) in [5, 5.41) is 2.61. The zero-order chi connectivity index (χ0) is 13.1. The van der Waals surface area contributed by atoms with Crippen LogP contribution in [0, 0.1) is 5.82 Å². The molecule has 0 saturated carbocycles. The number of thiophene rings is 1. The third-order valence-electron chi connectivity index (χ3n) is 2.88. The van der Waals surface area contributed by atoms with Crippen molar-refractivity contribution in [3.05, 3.63) is 65.3 Å². The Labute approximate surface area is 114 Å². The van der Waals surface area contributed by atoms with E-state index in [0.29, 0.717) is 11.9 Å². The van der Waals surface area contributed by atoms with Gasteiger partial charge in [-0.3, -0.25) is 0 Å². The van der Waals surface area contributed by atoms with Gasteiger partial charge in [0.1, 0.15) is 5.82 Å². The first-order chi connectivity index (χ1) is 9.33. The number of benzene rings is 2. The Morgan fingerprint density at radius 3 is 2.74 bits per heavy atom. The average molecular weight is 272 g/mol. The monoisotopic (exact) mass is 272 g/mol. The van der Waals surface area contributed by atoms with Crippen molar-refractivity contribution in [3.63, 3.8) is 0 Å². The smallest absolute Gasteiger partial charge is 0.132 e. The second kappa shape index (κ2) is 5.38. The highest BCUT2D eigenvalue weighted by Gasteiger charge is 2.04. The lowest BCUT2D eigenvalue weighted by atomic mass is 10.1. The highest BCUT2D eigenvalue weighted by molar-refractivity contribution is 7.17. The average Bonchev–Trinajstić information content (AvgIpc) is 2.89. The van der Waals surface area contributed by atoms with Crippen LogP contribution in [-0.2, 0) is 6.54 Å². The molecule has 0 radical (unpaired) electrons. The first-order valence-corrected chi connectivity index (χ1v) is 6.90. The molecule has 0 unspecified atom stereocenters. The third kappa shape index (κ3) is 2.75. The van der Waals surface area contributed by atoms with Gasteiger partial charge in [0, 0.05) is 22.3 Å².